The lowest BCUT2D eigenvalue weighted by atomic mass is 10.2. The van der Waals surface area contributed by atoms with Crippen molar-refractivity contribution in [1.29, 1.82) is 0 Å². The highest BCUT2D eigenvalue weighted by molar-refractivity contribution is 7.10. The number of rotatable bonds is 4. The molecule has 0 spiro atoms. The van der Waals surface area contributed by atoms with E-state index >= 15 is 0 Å². The number of carbonyl (C=O) groups is 1. The summed E-state index contributed by atoms with van der Waals surface area (Å²) in [5, 5.41) is 4.11. The molecule has 3 nitrogen and oxygen atoms in total. The number of benzene rings is 1. The Kier molecular flexibility index (Phi) is 4.17. The normalized spacial score (nSPS) is 11.4. The molecule has 1 aromatic carbocycles. The monoisotopic (exact) mass is 318 g/mol. The van der Waals surface area contributed by atoms with Gasteiger partial charge >= 0.3 is 6.18 Å². The minimum atomic E-state index is -4.54. The molecule has 0 radical (unpaired) electrons. The summed E-state index contributed by atoms with van der Waals surface area (Å²) in [6.07, 6.45) is -4.54. The molecule has 0 saturated carbocycles. The van der Waals surface area contributed by atoms with Gasteiger partial charge in [-0.15, -0.1) is 11.3 Å². The third-order valence-electron chi connectivity index (χ3n) is 2.69. The molecule has 2 aromatic rings. The molecule has 3 N–H and O–H groups in total. The predicted octanol–water partition coefficient (Wildman–Crippen LogP) is 3.62. The maximum absolute atomic E-state index is 13.5. The molecule has 0 aliphatic carbocycles. The largest absolute Gasteiger partial charge is 0.416 e. The smallest absolute Gasteiger partial charge is 0.378 e. The summed E-state index contributed by atoms with van der Waals surface area (Å²) in [6.45, 7) is 0.0934. The summed E-state index contributed by atoms with van der Waals surface area (Å²) in [5.74, 6) is -1.38. The molecule has 1 aromatic heterocycles. The van der Waals surface area contributed by atoms with Crippen LogP contribution < -0.4 is 11.1 Å². The number of thiophene rings is 1. The van der Waals surface area contributed by atoms with Crippen LogP contribution in [-0.2, 0) is 12.7 Å². The number of nitrogens with two attached hydrogens (primary N) is 1. The molecule has 0 atom stereocenters. The average molecular weight is 318 g/mol. The Labute approximate surface area is 121 Å². The van der Waals surface area contributed by atoms with Gasteiger partial charge in [0.25, 0.3) is 0 Å². The first-order valence-electron chi connectivity index (χ1n) is 5.75. The lowest BCUT2D eigenvalue weighted by Gasteiger charge is -2.11. The van der Waals surface area contributed by atoms with E-state index < -0.39 is 23.5 Å². The molecule has 0 fully saturated rings. The number of hydrogen-bond donors (Lipinski definition) is 2. The van der Waals surface area contributed by atoms with E-state index in [4.69, 9.17) is 5.73 Å². The molecule has 2 rings (SSSR count). The second-order valence-electron chi connectivity index (χ2n) is 4.21. The lowest BCUT2D eigenvalue weighted by molar-refractivity contribution is -0.137. The summed E-state index contributed by atoms with van der Waals surface area (Å²) in [5.41, 5.74) is 4.21. The van der Waals surface area contributed by atoms with Crippen molar-refractivity contribution in [2.24, 2.45) is 5.73 Å². The second kappa shape index (κ2) is 5.72. The zero-order valence-electron chi connectivity index (χ0n) is 10.5. The maximum Gasteiger partial charge on any atom is 0.416 e. The van der Waals surface area contributed by atoms with E-state index in [9.17, 15) is 22.4 Å². The van der Waals surface area contributed by atoms with Crippen molar-refractivity contribution in [3.63, 3.8) is 0 Å². The number of amides is 1. The van der Waals surface area contributed by atoms with E-state index in [0.717, 1.165) is 6.07 Å². The van der Waals surface area contributed by atoms with E-state index in [1.807, 2.05) is 0 Å². The predicted molar refractivity (Wildman–Crippen MR) is 71.6 cm³/mol. The molecule has 21 heavy (non-hydrogen) atoms. The first-order valence-corrected chi connectivity index (χ1v) is 6.63. The molecule has 112 valence electrons. The molecule has 0 aliphatic rings. The van der Waals surface area contributed by atoms with Crippen molar-refractivity contribution < 1.29 is 22.4 Å². The van der Waals surface area contributed by atoms with Crippen LogP contribution in [0.3, 0.4) is 0 Å². The highest BCUT2D eigenvalue weighted by atomic mass is 32.1. The van der Waals surface area contributed by atoms with Crippen LogP contribution in [0.1, 0.15) is 20.8 Å². The number of carbonyl (C=O) groups excluding carboxylic acids is 1. The Morgan fingerprint density at radius 1 is 1.29 bits per heavy atom. The number of anilines is 1. The Hall–Kier alpha value is -2.09. The summed E-state index contributed by atoms with van der Waals surface area (Å²) in [7, 11) is 0. The van der Waals surface area contributed by atoms with Gasteiger partial charge in [0, 0.05) is 16.8 Å². The average Bonchev–Trinajstić information content (AvgIpc) is 2.85. The highest BCUT2D eigenvalue weighted by Crippen LogP contribution is 2.32. The summed E-state index contributed by atoms with van der Waals surface area (Å²) in [6, 6.07) is 3.65. The van der Waals surface area contributed by atoms with Crippen LogP contribution in [0.4, 0.5) is 23.2 Å². The maximum atomic E-state index is 13.5. The van der Waals surface area contributed by atoms with E-state index in [0.29, 0.717) is 22.6 Å². The summed E-state index contributed by atoms with van der Waals surface area (Å²) < 4.78 is 51.2. The first kappa shape index (κ1) is 15.3. The third-order valence-corrected chi connectivity index (χ3v) is 3.62. The zero-order chi connectivity index (χ0) is 15.6. The van der Waals surface area contributed by atoms with Crippen molar-refractivity contribution in [3.8, 4) is 0 Å². The van der Waals surface area contributed by atoms with Gasteiger partial charge in [-0.25, -0.2) is 4.39 Å². The van der Waals surface area contributed by atoms with Crippen LogP contribution >= 0.6 is 11.3 Å². The molecule has 0 bridgehead atoms. The Bertz CT molecular complexity index is 666. The van der Waals surface area contributed by atoms with E-state index in [-0.39, 0.29) is 12.2 Å². The van der Waals surface area contributed by atoms with Crippen molar-refractivity contribution in [2.45, 2.75) is 12.7 Å². The molecular weight excluding hydrogens is 308 g/mol. The fourth-order valence-corrected chi connectivity index (χ4v) is 2.44. The van der Waals surface area contributed by atoms with Crippen molar-refractivity contribution >= 4 is 22.9 Å². The van der Waals surface area contributed by atoms with Gasteiger partial charge in [0.05, 0.1) is 16.8 Å². The van der Waals surface area contributed by atoms with Crippen molar-refractivity contribution in [1.82, 2.24) is 0 Å². The van der Waals surface area contributed by atoms with E-state index in [1.165, 1.54) is 22.8 Å². The topological polar surface area (TPSA) is 55.1 Å². The van der Waals surface area contributed by atoms with Gasteiger partial charge in [-0.05, 0) is 24.3 Å². The molecule has 0 aliphatic heterocycles. The fraction of sp³-hybridized carbons (Fsp3) is 0.154. The highest BCUT2D eigenvalue weighted by Gasteiger charge is 2.31. The summed E-state index contributed by atoms with van der Waals surface area (Å²) in [4.78, 5) is 11.6. The number of alkyl halides is 3. The number of halogens is 4. The minimum absolute atomic E-state index is 0.0934. The van der Waals surface area contributed by atoms with Crippen LogP contribution in [-0.4, -0.2) is 5.91 Å². The first-order chi connectivity index (χ1) is 9.77. The van der Waals surface area contributed by atoms with Crippen LogP contribution in [0, 0.1) is 5.82 Å². The standard InChI is InChI=1S/C13H10F4N2OS/c14-10-2-1-8(13(15,16)17)4-11(10)19-5-9-3-7(6-21-9)12(18)20/h1-4,6,19H,5H2,(H2,18,20). The second-order valence-corrected chi connectivity index (χ2v) is 5.21. The van der Waals surface area contributed by atoms with Gasteiger partial charge in [0.2, 0.25) is 5.91 Å². The SMILES string of the molecule is NC(=O)c1csc(CNc2cc(C(F)(F)F)ccc2F)c1. The molecule has 1 amide bonds. The van der Waals surface area contributed by atoms with Crippen LogP contribution in [0.2, 0.25) is 0 Å². The molecule has 0 unspecified atom stereocenters. The quantitative estimate of drug-likeness (QED) is 0.846. The van der Waals surface area contributed by atoms with E-state index in [2.05, 4.69) is 5.32 Å². The molecule has 8 heteroatoms. The third kappa shape index (κ3) is 3.72. The lowest BCUT2D eigenvalue weighted by Crippen LogP contribution is -2.09. The van der Waals surface area contributed by atoms with Gasteiger partial charge in [-0.3, -0.25) is 4.79 Å². The molecule has 1 heterocycles. The van der Waals surface area contributed by atoms with Gasteiger partial charge < -0.3 is 11.1 Å². The Balaban J connectivity index is 2.13. The van der Waals surface area contributed by atoms with Gasteiger partial charge in [0.15, 0.2) is 0 Å². The minimum Gasteiger partial charge on any atom is -0.378 e. The van der Waals surface area contributed by atoms with Crippen molar-refractivity contribution in [3.05, 3.63) is 51.5 Å². The van der Waals surface area contributed by atoms with Gasteiger partial charge in [-0.1, -0.05) is 0 Å². The Morgan fingerprint density at radius 3 is 2.57 bits per heavy atom. The van der Waals surface area contributed by atoms with Crippen molar-refractivity contribution in [2.75, 3.05) is 5.32 Å². The van der Waals surface area contributed by atoms with Gasteiger partial charge in [0.1, 0.15) is 5.82 Å². The number of hydrogen-bond acceptors (Lipinski definition) is 3. The fourth-order valence-electron chi connectivity index (χ4n) is 1.62. The van der Waals surface area contributed by atoms with E-state index in [1.54, 1.807) is 0 Å². The Morgan fingerprint density at radius 2 is 2.00 bits per heavy atom. The number of nitrogens with one attached hydrogen (secondary N) is 1. The van der Waals surface area contributed by atoms with Gasteiger partial charge in [-0.2, -0.15) is 13.2 Å². The van der Waals surface area contributed by atoms with Crippen LogP contribution in [0.5, 0.6) is 0 Å². The summed E-state index contributed by atoms with van der Waals surface area (Å²) >= 11 is 1.20. The molecular formula is C13H10F4N2OS. The van der Waals surface area contributed by atoms with Crippen LogP contribution in [0.25, 0.3) is 0 Å². The molecule has 0 saturated heterocycles. The number of primary amides is 1. The van der Waals surface area contributed by atoms with Crippen LogP contribution in [0.15, 0.2) is 29.6 Å². The zero-order valence-corrected chi connectivity index (χ0v) is 11.3.